The molecule has 32 heavy (non-hydrogen) atoms. The Labute approximate surface area is 195 Å². The second-order valence-corrected chi connectivity index (χ2v) is 8.81. The molecule has 1 amide bonds. The van der Waals surface area contributed by atoms with E-state index in [4.69, 9.17) is 10.5 Å². The minimum atomic E-state index is -0.470. The molecule has 1 aliphatic heterocycles. The van der Waals surface area contributed by atoms with Gasteiger partial charge in [-0.15, -0.1) is 0 Å². The molecular formula is C26H24BrFN2O2. The van der Waals surface area contributed by atoms with Crippen LogP contribution in [0.25, 0.3) is 5.57 Å². The summed E-state index contributed by atoms with van der Waals surface area (Å²) < 4.78 is 19.8. The molecule has 1 heterocycles. The Balaban J connectivity index is 1.72. The van der Waals surface area contributed by atoms with Gasteiger partial charge in [0, 0.05) is 22.3 Å². The van der Waals surface area contributed by atoms with E-state index in [-0.39, 0.29) is 11.9 Å². The maximum absolute atomic E-state index is 13.2. The number of aryl methyl sites for hydroxylation is 1. The van der Waals surface area contributed by atoms with Crippen LogP contribution in [0.4, 0.5) is 14.9 Å². The predicted octanol–water partition coefficient (Wildman–Crippen LogP) is 6.90. The Morgan fingerprint density at radius 3 is 2.53 bits per heavy atom. The van der Waals surface area contributed by atoms with Crippen LogP contribution in [0.15, 0.2) is 77.3 Å². The van der Waals surface area contributed by atoms with E-state index in [0.29, 0.717) is 18.0 Å². The SMILES string of the molecule is Cc1ccc(C2C=C(c3cc(Br)ccc3N)CCCN2C(=O)Oc2ccc(F)cc2)cc1. The second kappa shape index (κ2) is 9.57. The number of amides is 1. The van der Waals surface area contributed by atoms with Crippen LogP contribution in [0.1, 0.15) is 35.6 Å². The Bertz CT molecular complexity index is 1140. The van der Waals surface area contributed by atoms with Crippen LogP contribution in [0.5, 0.6) is 5.75 Å². The van der Waals surface area contributed by atoms with Gasteiger partial charge < -0.3 is 10.5 Å². The lowest BCUT2D eigenvalue weighted by atomic mass is 9.96. The largest absolute Gasteiger partial charge is 0.416 e. The third kappa shape index (κ3) is 5.02. The number of halogens is 2. The zero-order chi connectivity index (χ0) is 22.7. The quantitative estimate of drug-likeness (QED) is 0.403. The molecule has 0 radical (unpaired) electrons. The summed E-state index contributed by atoms with van der Waals surface area (Å²) in [6.45, 7) is 2.55. The number of ether oxygens (including phenoxy) is 1. The Morgan fingerprint density at radius 1 is 1.09 bits per heavy atom. The lowest BCUT2D eigenvalue weighted by molar-refractivity contribution is 0.141. The van der Waals surface area contributed by atoms with Gasteiger partial charge in [0.15, 0.2) is 0 Å². The number of carbonyl (C=O) groups is 1. The van der Waals surface area contributed by atoms with Crippen LogP contribution in [0.3, 0.4) is 0 Å². The minimum absolute atomic E-state index is 0.309. The highest BCUT2D eigenvalue weighted by molar-refractivity contribution is 9.10. The summed E-state index contributed by atoms with van der Waals surface area (Å²) in [4.78, 5) is 14.9. The van der Waals surface area contributed by atoms with Crippen molar-refractivity contribution >= 4 is 33.3 Å². The molecule has 164 valence electrons. The van der Waals surface area contributed by atoms with Gasteiger partial charge in [-0.1, -0.05) is 51.8 Å². The summed E-state index contributed by atoms with van der Waals surface area (Å²) in [6, 6.07) is 19.1. The summed E-state index contributed by atoms with van der Waals surface area (Å²) in [6.07, 6.45) is 3.17. The third-order valence-electron chi connectivity index (χ3n) is 5.57. The summed E-state index contributed by atoms with van der Waals surface area (Å²) in [5.74, 6) is -0.0694. The molecule has 1 aliphatic rings. The lowest BCUT2D eigenvalue weighted by Crippen LogP contribution is -2.36. The monoisotopic (exact) mass is 494 g/mol. The number of nitrogens with zero attached hydrogens (tertiary/aromatic N) is 1. The fraction of sp³-hybridized carbons (Fsp3) is 0.192. The van der Waals surface area contributed by atoms with Gasteiger partial charge >= 0.3 is 6.09 Å². The number of nitrogens with two attached hydrogens (primary N) is 1. The Hall–Kier alpha value is -3.12. The highest BCUT2D eigenvalue weighted by atomic mass is 79.9. The standard InChI is InChI=1S/C26H24BrFN2O2/c1-17-4-6-18(7-5-17)25-15-19(23-16-20(27)8-13-24(23)29)3-2-14-30(25)26(31)32-22-11-9-21(28)10-12-22/h4-13,15-16,25H,2-3,14,29H2,1H3. The molecule has 0 bridgehead atoms. The summed E-state index contributed by atoms with van der Waals surface area (Å²) in [7, 11) is 0. The molecule has 6 heteroatoms. The first-order valence-corrected chi connectivity index (χ1v) is 11.3. The fourth-order valence-corrected chi connectivity index (χ4v) is 4.24. The number of hydrogen-bond donors (Lipinski definition) is 1. The number of nitrogen functional groups attached to an aromatic ring is 1. The van der Waals surface area contributed by atoms with Gasteiger partial charge in [-0.3, -0.25) is 4.90 Å². The number of benzene rings is 3. The first-order valence-electron chi connectivity index (χ1n) is 10.5. The summed E-state index contributed by atoms with van der Waals surface area (Å²) >= 11 is 3.53. The van der Waals surface area contributed by atoms with E-state index in [2.05, 4.69) is 22.0 Å². The van der Waals surface area contributed by atoms with E-state index in [1.165, 1.54) is 24.3 Å². The third-order valence-corrected chi connectivity index (χ3v) is 6.07. The zero-order valence-corrected chi connectivity index (χ0v) is 19.3. The smallest absolute Gasteiger partial charge is 0.410 e. The van der Waals surface area contributed by atoms with E-state index < -0.39 is 6.09 Å². The van der Waals surface area contributed by atoms with Crippen LogP contribution in [0, 0.1) is 12.7 Å². The number of carbonyl (C=O) groups excluding carboxylic acids is 1. The van der Waals surface area contributed by atoms with Crippen molar-refractivity contribution in [3.8, 4) is 5.75 Å². The van der Waals surface area contributed by atoms with Gasteiger partial charge in [0.1, 0.15) is 11.6 Å². The molecule has 1 unspecified atom stereocenters. The van der Waals surface area contributed by atoms with Crippen molar-refractivity contribution < 1.29 is 13.9 Å². The van der Waals surface area contributed by atoms with Gasteiger partial charge in [0.05, 0.1) is 6.04 Å². The molecule has 0 spiro atoms. The second-order valence-electron chi connectivity index (χ2n) is 7.90. The van der Waals surface area contributed by atoms with Gasteiger partial charge in [-0.25, -0.2) is 9.18 Å². The number of allylic oxidation sites excluding steroid dienone is 1. The van der Waals surface area contributed by atoms with E-state index in [1.807, 2.05) is 49.4 Å². The highest BCUT2D eigenvalue weighted by Crippen LogP contribution is 2.36. The van der Waals surface area contributed by atoms with Crippen LogP contribution in [0.2, 0.25) is 0 Å². The van der Waals surface area contributed by atoms with Crippen molar-refractivity contribution in [3.05, 3.63) is 99.8 Å². The predicted molar refractivity (Wildman–Crippen MR) is 129 cm³/mol. The normalized spacial score (nSPS) is 16.3. The van der Waals surface area contributed by atoms with E-state index in [0.717, 1.165) is 39.6 Å². The molecule has 0 saturated carbocycles. The van der Waals surface area contributed by atoms with Gasteiger partial charge in [0.2, 0.25) is 0 Å². The molecule has 3 aromatic rings. The molecule has 0 fully saturated rings. The molecule has 0 saturated heterocycles. The molecule has 3 aromatic carbocycles. The van der Waals surface area contributed by atoms with E-state index >= 15 is 0 Å². The number of anilines is 1. The van der Waals surface area contributed by atoms with Crippen LogP contribution < -0.4 is 10.5 Å². The molecule has 4 nitrogen and oxygen atoms in total. The lowest BCUT2D eigenvalue weighted by Gasteiger charge is -2.28. The Kier molecular flexibility index (Phi) is 6.61. The van der Waals surface area contributed by atoms with E-state index in [1.54, 1.807) is 4.90 Å². The maximum atomic E-state index is 13.2. The average Bonchev–Trinajstić information content (AvgIpc) is 3.01. The molecule has 0 aromatic heterocycles. The molecule has 4 rings (SSSR count). The minimum Gasteiger partial charge on any atom is -0.410 e. The first kappa shape index (κ1) is 22.1. The fourth-order valence-electron chi connectivity index (χ4n) is 3.88. The highest BCUT2D eigenvalue weighted by Gasteiger charge is 2.28. The summed E-state index contributed by atoms with van der Waals surface area (Å²) in [5.41, 5.74) is 11.2. The van der Waals surface area contributed by atoms with Crippen LogP contribution >= 0.6 is 15.9 Å². The van der Waals surface area contributed by atoms with Crippen molar-refractivity contribution in [1.29, 1.82) is 0 Å². The van der Waals surface area contributed by atoms with Crippen molar-refractivity contribution in [2.24, 2.45) is 0 Å². The van der Waals surface area contributed by atoms with Crippen molar-refractivity contribution in [2.45, 2.75) is 25.8 Å². The number of rotatable bonds is 3. The van der Waals surface area contributed by atoms with Gasteiger partial charge in [0.25, 0.3) is 0 Å². The first-order chi connectivity index (χ1) is 15.4. The van der Waals surface area contributed by atoms with Gasteiger partial charge in [-0.2, -0.15) is 0 Å². The molecule has 2 N–H and O–H groups in total. The van der Waals surface area contributed by atoms with Crippen molar-refractivity contribution in [1.82, 2.24) is 4.90 Å². The maximum Gasteiger partial charge on any atom is 0.416 e. The van der Waals surface area contributed by atoms with Crippen LogP contribution in [-0.2, 0) is 0 Å². The molecular weight excluding hydrogens is 471 g/mol. The average molecular weight is 495 g/mol. The molecule has 0 aliphatic carbocycles. The van der Waals surface area contributed by atoms with Crippen molar-refractivity contribution in [3.63, 3.8) is 0 Å². The topological polar surface area (TPSA) is 55.6 Å². The summed E-state index contributed by atoms with van der Waals surface area (Å²) in [5, 5.41) is 0. The Morgan fingerprint density at radius 2 is 1.81 bits per heavy atom. The zero-order valence-electron chi connectivity index (χ0n) is 17.7. The van der Waals surface area contributed by atoms with Gasteiger partial charge in [-0.05, 0) is 73.4 Å². The van der Waals surface area contributed by atoms with Crippen LogP contribution in [-0.4, -0.2) is 17.5 Å². The number of hydrogen-bond acceptors (Lipinski definition) is 3. The molecule has 1 atom stereocenters. The van der Waals surface area contributed by atoms with E-state index in [9.17, 15) is 9.18 Å². The van der Waals surface area contributed by atoms with Crippen molar-refractivity contribution in [2.75, 3.05) is 12.3 Å².